The van der Waals surface area contributed by atoms with Crippen LogP contribution in [0.5, 0.6) is 11.5 Å². The average molecular weight is 1420 g/mol. The minimum atomic E-state index is -3.79. The number of benzene rings is 8. The molecule has 12 rings (SSSR count). The van der Waals surface area contributed by atoms with E-state index in [4.69, 9.17) is 32.9 Å². The van der Waals surface area contributed by atoms with Gasteiger partial charge in [-0.05, 0) is 120 Å². The molecule has 0 saturated carbocycles. The molecule has 24 nitrogen and oxygen atoms in total. The first kappa shape index (κ1) is 69.3. The molecule has 8 aromatic carbocycles. The largest absolute Gasteiger partial charge is 0.496 e. The maximum absolute atomic E-state index is 13.8. The minimum Gasteiger partial charge on any atom is -0.496 e. The number of methoxy groups -OCH3 is 2. The van der Waals surface area contributed by atoms with Crippen LogP contribution in [0.3, 0.4) is 0 Å². The second kappa shape index (κ2) is 26.9. The number of carbonyl (C=O) groups is 2. The molecule has 504 valence electrons. The lowest BCUT2D eigenvalue weighted by Crippen LogP contribution is -2.25. The molecule has 0 radical (unpaired) electrons. The second-order valence-corrected chi connectivity index (χ2v) is 30.6. The highest BCUT2D eigenvalue weighted by Gasteiger charge is 2.30. The predicted molar refractivity (Wildman–Crippen MR) is 370 cm³/mol. The third-order valence-electron chi connectivity index (χ3n) is 15.1. The molecule has 2 amide bonds. The Morgan fingerprint density at radius 2 is 0.887 bits per heavy atom. The van der Waals surface area contributed by atoms with E-state index in [9.17, 15) is 52.0 Å². The van der Waals surface area contributed by atoms with Gasteiger partial charge in [-0.3, -0.25) is 22.9 Å². The number of sulfonamides is 3. The van der Waals surface area contributed by atoms with E-state index in [1.165, 1.54) is 97.0 Å². The van der Waals surface area contributed by atoms with Crippen molar-refractivity contribution in [1.82, 2.24) is 20.6 Å². The van der Waals surface area contributed by atoms with Crippen LogP contribution in [0, 0.1) is 11.6 Å². The third kappa shape index (κ3) is 14.8. The second-order valence-electron chi connectivity index (χ2n) is 21.7. The smallest absolute Gasteiger partial charge is 0.255 e. The van der Waals surface area contributed by atoms with Crippen LogP contribution in [-0.4, -0.2) is 123 Å². The summed E-state index contributed by atoms with van der Waals surface area (Å²) in [4.78, 5) is 35.6. The van der Waals surface area contributed by atoms with Crippen molar-refractivity contribution in [1.29, 1.82) is 0 Å². The fourth-order valence-corrected chi connectivity index (χ4v) is 12.0. The normalized spacial score (nSPS) is 11.8. The van der Waals surface area contributed by atoms with Crippen LogP contribution < -0.4 is 39.2 Å². The lowest BCUT2D eigenvalue weighted by Gasteiger charge is -2.21. The van der Waals surface area contributed by atoms with Gasteiger partial charge in [0.1, 0.15) is 56.9 Å². The number of halogens is 3. The third-order valence-corrected chi connectivity index (χ3v) is 18.0. The Morgan fingerprint density at radius 1 is 0.505 bits per heavy atom. The number of furan rings is 2. The fraction of sp³-hybridized carbons (Fsp3) is 0.152. The number of hydrogen-bond donors (Lipinski definition) is 4. The zero-order valence-electron chi connectivity index (χ0n) is 53.0. The molecule has 97 heavy (non-hydrogen) atoms. The molecule has 0 aliphatic carbocycles. The van der Waals surface area contributed by atoms with Crippen molar-refractivity contribution in [2.24, 2.45) is 0 Å². The monoisotopic (exact) mass is 1420 g/mol. The van der Waals surface area contributed by atoms with E-state index in [1.54, 1.807) is 91.0 Å². The summed E-state index contributed by atoms with van der Waals surface area (Å²) in [6.45, 7) is 0. The van der Waals surface area contributed by atoms with Crippen molar-refractivity contribution in [2.75, 3.05) is 86.5 Å². The van der Waals surface area contributed by atoms with Gasteiger partial charge in [-0.15, -0.1) is 0 Å². The van der Waals surface area contributed by atoms with E-state index in [-0.39, 0.29) is 62.5 Å². The summed E-state index contributed by atoms with van der Waals surface area (Å²) in [5.41, 5.74) is 13.5. The quantitative estimate of drug-likeness (QED) is 0.0516. The van der Waals surface area contributed by atoms with Crippen LogP contribution in [-0.2, 0) is 39.1 Å². The van der Waals surface area contributed by atoms with Crippen LogP contribution in [0.4, 0.5) is 31.5 Å². The Kier molecular flexibility index (Phi) is 19.2. The van der Waals surface area contributed by atoms with E-state index in [0.717, 1.165) is 33.6 Å². The molecule has 4 aromatic heterocycles. The first-order chi connectivity index (χ1) is 45.7. The number of nitrogens with one attached hydrogen (secondary N) is 3. The Labute approximate surface area is 559 Å². The molecule has 0 fully saturated rings. The Morgan fingerprint density at radius 3 is 1.26 bits per heavy atom. The molecular formula is C66H59ClF2N8O16S4. The summed E-state index contributed by atoms with van der Waals surface area (Å²) in [5.74, 6) is -0.223. The fourth-order valence-electron chi connectivity index (χ4n) is 10.4. The van der Waals surface area contributed by atoms with Crippen LogP contribution in [0.25, 0.3) is 112 Å². The number of nitrogens with zero attached hydrogens (tertiary/aromatic N) is 4. The van der Waals surface area contributed by atoms with Crippen LogP contribution in [0.1, 0.15) is 20.7 Å². The molecule has 0 atom stereocenters. The number of fused-ring (bicyclic) bond motifs is 4. The maximum Gasteiger partial charge on any atom is 0.255 e. The van der Waals surface area contributed by atoms with Crippen molar-refractivity contribution >= 4 is 129 Å². The summed E-state index contributed by atoms with van der Waals surface area (Å²) in [5, 5.41) is 6.06. The SMILES string of the molecule is CNC(=O)c1c(-c2ccc(F)cc2)oc2cc(N(C)S(C)(=O)=O)c(-c3ccc(OC)c(-c4nc5c(N)cccc5o4)c3)cc12.CNC(=O)c1c(-c2ccc(F)cc2)oc2cc(N(C)S(C)(=O)=O)c(-c3ccc(OC)c(-c4nc5c(NS(C)(=O)=O)cccc5o4)c3)cc12.CS(=O)(=O)Cl. The molecule has 5 N–H and O–H groups in total. The molecule has 4 heterocycles. The van der Waals surface area contributed by atoms with E-state index in [1.807, 2.05) is 0 Å². The number of amides is 2. The highest BCUT2D eigenvalue weighted by atomic mass is 35.7. The molecule has 0 saturated heterocycles. The van der Waals surface area contributed by atoms with Gasteiger partial charge in [0, 0.05) is 84.0 Å². The Hall–Kier alpha value is -10.5. The number of nitrogens with two attached hydrogens (primary N) is 1. The number of ether oxygens (including phenoxy) is 2. The van der Waals surface area contributed by atoms with Crippen LogP contribution in [0.15, 0.2) is 163 Å². The number of hydrogen-bond acceptors (Lipinski definition) is 19. The number of oxazole rings is 2. The van der Waals surface area contributed by atoms with Gasteiger partial charge in [0.15, 0.2) is 11.2 Å². The number of aromatic nitrogens is 2. The first-order valence-corrected chi connectivity index (χ1v) is 36.8. The van der Waals surface area contributed by atoms with Gasteiger partial charge in [0.2, 0.25) is 50.9 Å². The number of para-hydroxylation sites is 2. The minimum absolute atomic E-state index is 0.110. The summed E-state index contributed by atoms with van der Waals surface area (Å²) in [6.07, 6.45) is 4.10. The van der Waals surface area contributed by atoms with Crippen molar-refractivity contribution in [3.05, 3.63) is 168 Å². The molecule has 31 heteroatoms. The first-order valence-electron chi connectivity index (χ1n) is 28.5. The van der Waals surface area contributed by atoms with Gasteiger partial charge in [-0.2, -0.15) is 0 Å². The average Bonchev–Trinajstić information content (AvgIpc) is 1.65. The lowest BCUT2D eigenvalue weighted by molar-refractivity contribution is 0.0956. The summed E-state index contributed by atoms with van der Waals surface area (Å²) in [6, 6.07) is 37.8. The van der Waals surface area contributed by atoms with Gasteiger partial charge < -0.3 is 43.5 Å². The van der Waals surface area contributed by atoms with Crippen LogP contribution >= 0.6 is 10.7 Å². The molecule has 0 aliphatic rings. The zero-order chi connectivity index (χ0) is 70.4. The van der Waals surface area contributed by atoms with Crippen molar-refractivity contribution < 1.29 is 79.2 Å². The molecule has 0 spiro atoms. The van der Waals surface area contributed by atoms with E-state index in [0.29, 0.717) is 94.8 Å². The maximum atomic E-state index is 13.8. The molecule has 0 aliphatic heterocycles. The Bertz CT molecular complexity index is 5580. The van der Waals surface area contributed by atoms with E-state index < -0.39 is 62.6 Å². The standard InChI is InChI=1S/C33H29FN4O8S2.C32H27FN4O6S.CH3ClO2S/c1-35-32(39)29-22-16-21(25(38(2)48(5,42)43)17-28(22)45-31(29)18-9-12-20(34)13-10-18)19-11-14-26(44-3)23(15-19)33-36-30-24(37-47(4,40)41)7-6-8-27(30)46-33;1-35-31(38)28-21-15-20(18-10-13-25(41-3)22(14-18)32-36-29-23(34)6-5-7-26(29)43-32)24(37(2)44(4,39)40)16-27(21)42-30(28)17-8-11-19(33)12-9-17;1-5(2,3)4/h6-17,37H,1-5H3,(H,35,39);5-16H,34H2,1-4H3,(H,35,38);1H3. The molecule has 0 unspecified atom stereocenters. The number of anilines is 4. The van der Waals surface area contributed by atoms with Crippen molar-refractivity contribution in [2.45, 2.75) is 0 Å². The molecule has 12 aromatic rings. The molecule has 0 bridgehead atoms. The van der Waals surface area contributed by atoms with Gasteiger partial charge in [-0.1, -0.05) is 24.3 Å². The van der Waals surface area contributed by atoms with Crippen LogP contribution in [0.2, 0.25) is 0 Å². The zero-order valence-corrected chi connectivity index (χ0v) is 57.0. The summed E-state index contributed by atoms with van der Waals surface area (Å²) >= 11 is 0. The Balaban J connectivity index is 0.000000198. The van der Waals surface area contributed by atoms with Gasteiger partial charge in [-0.25, -0.2) is 52.4 Å². The van der Waals surface area contributed by atoms with Gasteiger partial charge >= 0.3 is 0 Å². The molecular weight excluding hydrogens is 1360 g/mol. The van der Waals surface area contributed by atoms with E-state index in [2.05, 4.69) is 36.0 Å². The van der Waals surface area contributed by atoms with E-state index >= 15 is 0 Å². The number of rotatable bonds is 16. The highest BCUT2D eigenvalue weighted by molar-refractivity contribution is 8.13. The van der Waals surface area contributed by atoms with Gasteiger partial charge in [0.25, 0.3) is 11.8 Å². The number of carbonyl (C=O) groups excluding carboxylic acids is 2. The van der Waals surface area contributed by atoms with Gasteiger partial charge in [0.05, 0.1) is 84.2 Å². The summed E-state index contributed by atoms with van der Waals surface area (Å²) < 4.78 is 162. The van der Waals surface area contributed by atoms with Crippen molar-refractivity contribution in [3.63, 3.8) is 0 Å². The highest BCUT2D eigenvalue weighted by Crippen LogP contribution is 2.47. The lowest BCUT2D eigenvalue weighted by atomic mass is 9.97. The number of nitrogen functional groups attached to an aromatic ring is 1. The summed E-state index contributed by atoms with van der Waals surface area (Å²) in [7, 11) is -1.07. The predicted octanol–water partition coefficient (Wildman–Crippen LogP) is 12.1. The van der Waals surface area contributed by atoms with Crippen molar-refractivity contribution in [3.8, 4) is 79.3 Å². The topological polar surface area (TPSA) is 336 Å².